The summed E-state index contributed by atoms with van der Waals surface area (Å²) >= 11 is 0. The topological polar surface area (TPSA) is 59.0 Å². The van der Waals surface area contributed by atoms with Crippen LogP contribution in [0.25, 0.3) is 0 Å². The molecule has 1 saturated carbocycles. The van der Waals surface area contributed by atoms with Gasteiger partial charge in [0, 0.05) is 30.6 Å². The lowest BCUT2D eigenvalue weighted by molar-refractivity contribution is -0.133. The predicted molar refractivity (Wildman–Crippen MR) is 74.8 cm³/mol. The normalized spacial score (nSPS) is 13.9. The molecule has 0 heterocycles. The van der Waals surface area contributed by atoms with Crippen LogP contribution in [0, 0.1) is 5.92 Å². The Hall–Kier alpha value is -1.75. The Balaban J connectivity index is 2.14. The van der Waals surface area contributed by atoms with Gasteiger partial charge in [0.15, 0.2) is 0 Å². The van der Waals surface area contributed by atoms with E-state index >= 15 is 0 Å². The Kier molecular flexibility index (Phi) is 4.84. The molecule has 1 amide bonds. The van der Waals surface area contributed by atoms with Crippen molar-refractivity contribution in [3.8, 4) is 11.5 Å². The Morgan fingerprint density at radius 2 is 2.10 bits per heavy atom. The van der Waals surface area contributed by atoms with Crippen LogP contribution in [0.3, 0.4) is 0 Å². The van der Waals surface area contributed by atoms with Gasteiger partial charge in [-0.05, 0) is 25.0 Å². The maximum atomic E-state index is 12.2. The lowest BCUT2D eigenvalue weighted by atomic mass is 10.1. The van der Waals surface area contributed by atoms with Gasteiger partial charge in [0.25, 0.3) is 0 Å². The lowest BCUT2D eigenvalue weighted by Crippen LogP contribution is -2.34. The van der Waals surface area contributed by atoms with E-state index in [1.54, 1.807) is 25.2 Å². The highest BCUT2D eigenvalue weighted by Gasteiger charge is 2.33. The maximum absolute atomic E-state index is 12.2. The number of hydrogen-bond donors (Lipinski definition) is 1. The van der Waals surface area contributed by atoms with E-state index in [1.165, 1.54) is 0 Å². The molecule has 2 rings (SSSR count). The molecule has 0 unspecified atom stereocenters. The van der Waals surface area contributed by atoms with E-state index < -0.39 is 0 Å². The third-order valence-corrected chi connectivity index (χ3v) is 3.46. The number of benzene rings is 1. The molecular weight excluding hydrogens is 258 g/mol. The number of methoxy groups -OCH3 is 2. The first-order valence-electron chi connectivity index (χ1n) is 6.80. The monoisotopic (exact) mass is 279 g/mol. The standard InChI is InChI=1S/C15H21NO4/c1-19-13-6-5-12(14(9-13)20-2)10-16(7-8-17)15(18)11-3-4-11/h5-6,9,11,17H,3-4,7-8,10H2,1-2H3. The number of aliphatic hydroxyl groups is 1. The smallest absolute Gasteiger partial charge is 0.226 e. The molecule has 1 aromatic carbocycles. The molecule has 0 radical (unpaired) electrons. The number of rotatable bonds is 7. The molecule has 0 saturated heterocycles. The van der Waals surface area contributed by atoms with E-state index in [9.17, 15) is 4.79 Å². The van der Waals surface area contributed by atoms with Gasteiger partial charge >= 0.3 is 0 Å². The number of aliphatic hydroxyl groups excluding tert-OH is 1. The molecule has 20 heavy (non-hydrogen) atoms. The van der Waals surface area contributed by atoms with Crippen LogP contribution in [0.1, 0.15) is 18.4 Å². The second-order valence-corrected chi connectivity index (χ2v) is 4.94. The summed E-state index contributed by atoms with van der Waals surface area (Å²) in [5, 5.41) is 9.13. The van der Waals surface area contributed by atoms with Crippen molar-refractivity contribution < 1.29 is 19.4 Å². The minimum absolute atomic E-state index is 0.0308. The highest BCUT2D eigenvalue weighted by Crippen LogP contribution is 2.32. The SMILES string of the molecule is COc1ccc(CN(CCO)C(=O)C2CC2)c(OC)c1. The third kappa shape index (κ3) is 3.42. The maximum Gasteiger partial charge on any atom is 0.226 e. The van der Waals surface area contributed by atoms with Crippen molar-refractivity contribution in [1.82, 2.24) is 4.90 Å². The van der Waals surface area contributed by atoms with Gasteiger partial charge in [-0.3, -0.25) is 4.79 Å². The Morgan fingerprint density at radius 3 is 2.65 bits per heavy atom. The lowest BCUT2D eigenvalue weighted by Gasteiger charge is -2.23. The molecule has 0 spiro atoms. The summed E-state index contributed by atoms with van der Waals surface area (Å²) in [7, 11) is 3.19. The predicted octanol–water partition coefficient (Wildman–Crippen LogP) is 1.43. The summed E-state index contributed by atoms with van der Waals surface area (Å²) in [6.07, 6.45) is 1.92. The Labute approximate surface area is 119 Å². The number of carbonyl (C=O) groups is 1. The summed E-state index contributed by atoms with van der Waals surface area (Å²) in [5.74, 6) is 1.67. The molecule has 1 aliphatic carbocycles. The number of ether oxygens (including phenoxy) is 2. The van der Waals surface area contributed by atoms with Crippen molar-refractivity contribution in [3.63, 3.8) is 0 Å². The molecule has 1 N–H and O–H groups in total. The molecule has 0 atom stereocenters. The fourth-order valence-electron chi connectivity index (χ4n) is 2.16. The molecule has 5 heteroatoms. The van der Waals surface area contributed by atoms with Crippen LogP contribution < -0.4 is 9.47 Å². The van der Waals surface area contributed by atoms with Gasteiger partial charge in [0.05, 0.1) is 20.8 Å². The van der Waals surface area contributed by atoms with E-state index in [4.69, 9.17) is 14.6 Å². The van der Waals surface area contributed by atoms with Crippen molar-refractivity contribution in [2.45, 2.75) is 19.4 Å². The van der Waals surface area contributed by atoms with E-state index in [0.29, 0.717) is 24.6 Å². The van der Waals surface area contributed by atoms with E-state index in [1.807, 2.05) is 12.1 Å². The van der Waals surface area contributed by atoms with Crippen LogP contribution in [0.5, 0.6) is 11.5 Å². The summed E-state index contributed by atoms with van der Waals surface area (Å²) in [5.41, 5.74) is 0.913. The molecule has 1 fully saturated rings. The number of hydrogen-bond acceptors (Lipinski definition) is 4. The van der Waals surface area contributed by atoms with Gasteiger partial charge in [0.1, 0.15) is 11.5 Å². The fourth-order valence-corrected chi connectivity index (χ4v) is 2.16. The van der Waals surface area contributed by atoms with Gasteiger partial charge in [0.2, 0.25) is 5.91 Å². The van der Waals surface area contributed by atoms with Crippen LogP contribution in [-0.4, -0.2) is 43.3 Å². The van der Waals surface area contributed by atoms with Crippen molar-refractivity contribution in [3.05, 3.63) is 23.8 Å². The average Bonchev–Trinajstić information content (AvgIpc) is 3.31. The zero-order valence-corrected chi connectivity index (χ0v) is 12.0. The molecule has 1 aliphatic rings. The van der Waals surface area contributed by atoms with Gasteiger partial charge in [-0.25, -0.2) is 0 Å². The number of amides is 1. The van der Waals surface area contributed by atoms with Gasteiger partial charge < -0.3 is 19.5 Å². The fraction of sp³-hybridized carbons (Fsp3) is 0.533. The zero-order chi connectivity index (χ0) is 14.5. The quantitative estimate of drug-likeness (QED) is 0.820. The minimum Gasteiger partial charge on any atom is -0.497 e. The highest BCUT2D eigenvalue weighted by atomic mass is 16.5. The summed E-state index contributed by atoms with van der Waals surface area (Å²) in [6, 6.07) is 5.53. The molecule has 110 valence electrons. The van der Waals surface area contributed by atoms with Crippen LogP contribution >= 0.6 is 0 Å². The molecule has 0 bridgehead atoms. The van der Waals surface area contributed by atoms with E-state index in [-0.39, 0.29) is 18.4 Å². The third-order valence-electron chi connectivity index (χ3n) is 3.46. The highest BCUT2D eigenvalue weighted by molar-refractivity contribution is 5.81. The number of nitrogens with zero attached hydrogens (tertiary/aromatic N) is 1. The second kappa shape index (κ2) is 6.61. The minimum atomic E-state index is -0.0308. The van der Waals surface area contributed by atoms with Crippen molar-refractivity contribution >= 4 is 5.91 Å². The zero-order valence-electron chi connectivity index (χ0n) is 12.0. The second-order valence-electron chi connectivity index (χ2n) is 4.94. The summed E-state index contributed by atoms with van der Waals surface area (Å²) in [4.78, 5) is 13.9. The summed E-state index contributed by atoms with van der Waals surface area (Å²) < 4.78 is 10.5. The molecule has 1 aromatic rings. The molecular formula is C15H21NO4. The van der Waals surface area contributed by atoms with Crippen molar-refractivity contribution in [1.29, 1.82) is 0 Å². The van der Waals surface area contributed by atoms with Gasteiger partial charge in [-0.2, -0.15) is 0 Å². The Morgan fingerprint density at radius 1 is 1.35 bits per heavy atom. The first kappa shape index (κ1) is 14.7. The average molecular weight is 279 g/mol. The van der Waals surface area contributed by atoms with Crippen molar-refractivity contribution in [2.24, 2.45) is 5.92 Å². The van der Waals surface area contributed by atoms with Gasteiger partial charge in [-0.1, -0.05) is 0 Å². The Bertz CT molecular complexity index is 471. The molecule has 0 aliphatic heterocycles. The first-order valence-corrected chi connectivity index (χ1v) is 6.80. The molecule has 0 aromatic heterocycles. The van der Waals surface area contributed by atoms with Gasteiger partial charge in [-0.15, -0.1) is 0 Å². The summed E-state index contributed by atoms with van der Waals surface area (Å²) in [6.45, 7) is 0.768. The first-order chi connectivity index (χ1) is 9.69. The largest absolute Gasteiger partial charge is 0.497 e. The van der Waals surface area contributed by atoms with E-state index in [2.05, 4.69) is 0 Å². The molecule has 5 nitrogen and oxygen atoms in total. The van der Waals surface area contributed by atoms with Crippen LogP contribution in [0.15, 0.2) is 18.2 Å². The number of carbonyl (C=O) groups excluding carboxylic acids is 1. The van der Waals surface area contributed by atoms with Crippen LogP contribution in [0.2, 0.25) is 0 Å². The van der Waals surface area contributed by atoms with Crippen LogP contribution in [0.4, 0.5) is 0 Å². The van der Waals surface area contributed by atoms with Crippen molar-refractivity contribution in [2.75, 3.05) is 27.4 Å². The van der Waals surface area contributed by atoms with Crippen LogP contribution in [-0.2, 0) is 11.3 Å². The van der Waals surface area contributed by atoms with E-state index in [0.717, 1.165) is 18.4 Å².